The summed E-state index contributed by atoms with van der Waals surface area (Å²) < 4.78 is 26.4. The number of hydrogen-bond acceptors (Lipinski definition) is 4. The van der Waals surface area contributed by atoms with E-state index in [1.807, 2.05) is 6.92 Å². The zero-order valence-corrected chi connectivity index (χ0v) is 18.1. The molecule has 2 aromatic rings. The van der Waals surface area contributed by atoms with E-state index < -0.39 is 15.9 Å². The highest BCUT2D eigenvalue weighted by Gasteiger charge is 2.25. The number of para-hydroxylation sites is 1. The Balaban J connectivity index is 1.70. The molecule has 30 heavy (non-hydrogen) atoms. The molecule has 0 aliphatic carbocycles. The summed E-state index contributed by atoms with van der Waals surface area (Å²) in [5.41, 5.74) is 1.75. The van der Waals surface area contributed by atoms with Crippen LogP contribution in [0.3, 0.4) is 0 Å². The number of carbonyl (C=O) groups excluding carboxylic acids is 2. The van der Waals surface area contributed by atoms with E-state index >= 15 is 0 Å². The van der Waals surface area contributed by atoms with Crippen LogP contribution in [0.2, 0.25) is 0 Å². The van der Waals surface area contributed by atoms with Gasteiger partial charge in [0.15, 0.2) is 0 Å². The molecule has 1 aliphatic heterocycles. The lowest BCUT2D eigenvalue weighted by molar-refractivity contribution is -0.116. The van der Waals surface area contributed by atoms with E-state index in [2.05, 4.69) is 5.32 Å². The normalized spacial score (nSPS) is 14.6. The molecule has 0 spiro atoms. The molecular formula is C22H27N3O4S. The van der Waals surface area contributed by atoms with E-state index in [0.717, 1.165) is 29.1 Å². The standard InChI is InChI=1S/C22H27N3O4S/c1-17-10-12-18(13-11-17)30(28,29)24(2)16-21(26)23-20-9-5-4-8-19(20)22(27)25-14-6-3-7-15-25/h4-5,8-13H,3,6-7,14-16H2,1-2H3,(H,23,26). The lowest BCUT2D eigenvalue weighted by atomic mass is 10.1. The topological polar surface area (TPSA) is 86.8 Å². The first-order valence-electron chi connectivity index (χ1n) is 10.0. The van der Waals surface area contributed by atoms with Crippen molar-refractivity contribution in [2.24, 2.45) is 0 Å². The summed E-state index contributed by atoms with van der Waals surface area (Å²) in [5, 5.41) is 2.70. The fourth-order valence-corrected chi connectivity index (χ4v) is 4.54. The number of likely N-dealkylation sites (N-methyl/N-ethyl adjacent to an activating group) is 1. The van der Waals surface area contributed by atoms with Crippen molar-refractivity contribution in [2.75, 3.05) is 32.0 Å². The number of rotatable bonds is 6. The number of anilines is 1. The highest BCUT2D eigenvalue weighted by Crippen LogP contribution is 2.20. The number of hydrogen-bond donors (Lipinski definition) is 1. The third kappa shape index (κ3) is 5.06. The predicted octanol–water partition coefficient (Wildman–Crippen LogP) is 2.88. The van der Waals surface area contributed by atoms with Crippen LogP contribution in [-0.2, 0) is 14.8 Å². The van der Waals surface area contributed by atoms with E-state index in [4.69, 9.17) is 0 Å². The first-order chi connectivity index (χ1) is 14.3. The molecule has 0 bridgehead atoms. The second-order valence-electron chi connectivity index (χ2n) is 7.52. The third-order valence-electron chi connectivity index (χ3n) is 5.17. The summed E-state index contributed by atoms with van der Waals surface area (Å²) in [4.78, 5) is 27.4. The van der Waals surface area contributed by atoms with Gasteiger partial charge in [-0.15, -0.1) is 0 Å². The molecule has 0 atom stereocenters. The molecule has 1 N–H and O–H groups in total. The zero-order chi connectivity index (χ0) is 21.7. The Morgan fingerprint density at radius 3 is 2.30 bits per heavy atom. The van der Waals surface area contributed by atoms with Crippen LogP contribution in [-0.4, -0.2) is 56.1 Å². The number of sulfonamides is 1. The van der Waals surface area contributed by atoms with Gasteiger partial charge >= 0.3 is 0 Å². The van der Waals surface area contributed by atoms with Crippen LogP contribution in [0.25, 0.3) is 0 Å². The van der Waals surface area contributed by atoms with Crippen molar-refractivity contribution in [3.05, 3.63) is 59.7 Å². The number of benzene rings is 2. The SMILES string of the molecule is Cc1ccc(S(=O)(=O)N(C)CC(=O)Nc2ccccc2C(=O)N2CCCCC2)cc1. The lowest BCUT2D eigenvalue weighted by Gasteiger charge is -2.27. The van der Waals surface area contributed by atoms with Crippen LogP contribution in [0.15, 0.2) is 53.4 Å². The molecule has 3 rings (SSSR count). The van der Waals surface area contributed by atoms with Crippen molar-refractivity contribution < 1.29 is 18.0 Å². The number of nitrogens with zero attached hydrogens (tertiary/aromatic N) is 2. The van der Waals surface area contributed by atoms with E-state index in [0.29, 0.717) is 24.3 Å². The Labute approximate surface area is 177 Å². The molecule has 2 aromatic carbocycles. The van der Waals surface area contributed by atoms with Crippen molar-refractivity contribution in [1.29, 1.82) is 0 Å². The molecule has 1 aliphatic rings. The molecular weight excluding hydrogens is 402 g/mol. The van der Waals surface area contributed by atoms with Gasteiger partial charge in [-0.3, -0.25) is 9.59 Å². The Kier molecular flexibility index (Phi) is 6.89. The maximum atomic E-state index is 12.9. The van der Waals surface area contributed by atoms with E-state index in [1.54, 1.807) is 41.3 Å². The summed E-state index contributed by atoms with van der Waals surface area (Å²) in [6.07, 6.45) is 3.06. The van der Waals surface area contributed by atoms with Crippen LogP contribution >= 0.6 is 0 Å². The second-order valence-corrected chi connectivity index (χ2v) is 9.57. The molecule has 7 nitrogen and oxygen atoms in total. The third-order valence-corrected chi connectivity index (χ3v) is 6.99. The minimum Gasteiger partial charge on any atom is -0.339 e. The average Bonchev–Trinajstić information content (AvgIpc) is 2.74. The molecule has 1 fully saturated rings. The number of likely N-dealkylation sites (tertiary alicyclic amines) is 1. The molecule has 160 valence electrons. The summed E-state index contributed by atoms with van der Waals surface area (Å²) in [7, 11) is -2.43. The molecule has 1 saturated heterocycles. The summed E-state index contributed by atoms with van der Waals surface area (Å²) in [5.74, 6) is -0.627. The fourth-order valence-electron chi connectivity index (χ4n) is 3.41. The highest BCUT2D eigenvalue weighted by atomic mass is 32.2. The second kappa shape index (κ2) is 9.40. The van der Waals surface area contributed by atoms with Gasteiger partial charge in [0.05, 0.1) is 22.7 Å². The van der Waals surface area contributed by atoms with Gasteiger partial charge < -0.3 is 10.2 Å². The van der Waals surface area contributed by atoms with Crippen molar-refractivity contribution >= 4 is 27.5 Å². The minimum absolute atomic E-state index is 0.119. The highest BCUT2D eigenvalue weighted by molar-refractivity contribution is 7.89. The van der Waals surface area contributed by atoms with Crippen molar-refractivity contribution in [2.45, 2.75) is 31.1 Å². The molecule has 0 saturated carbocycles. The van der Waals surface area contributed by atoms with Gasteiger partial charge in [-0.05, 0) is 50.5 Å². The quantitative estimate of drug-likeness (QED) is 0.765. The summed E-state index contributed by atoms with van der Waals surface area (Å²) in [6.45, 7) is 2.93. The number of carbonyl (C=O) groups is 2. The van der Waals surface area contributed by atoms with Gasteiger partial charge in [-0.1, -0.05) is 29.8 Å². The predicted molar refractivity (Wildman–Crippen MR) is 116 cm³/mol. The minimum atomic E-state index is -3.79. The van der Waals surface area contributed by atoms with E-state index in [1.165, 1.54) is 19.2 Å². The maximum absolute atomic E-state index is 12.9. The Morgan fingerprint density at radius 2 is 1.63 bits per heavy atom. The first kappa shape index (κ1) is 22.0. The molecule has 0 radical (unpaired) electrons. The molecule has 8 heteroatoms. The number of nitrogens with one attached hydrogen (secondary N) is 1. The number of piperidine rings is 1. The van der Waals surface area contributed by atoms with Gasteiger partial charge in [0.2, 0.25) is 15.9 Å². The van der Waals surface area contributed by atoms with Crippen LogP contribution in [0, 0.1) is 6.92 Å². The molecule has 2 amide bonds. The Bertz CT molecular complexity index is 1010. The lowest BCUT2D eigenvalue weighted by Crippen LogP contribution is -2.37. The van der Waals surface area contributed by atoms with Crippen LogP contribution in [0.5, 0.6) is 0 Å². The summed E-state index contributed by atoms with van der Waals surface area (Å²) >= 11 is 0. The van der Waals surface area contributed by atoms with Gasteiger partial charge in [-0.2, -0.15) is 4.31 Å². The summed E-state index contributed by atoms with van der Waals surface area (Å²) in [6, 6.07) is 13.3. The van der Waals surface area contributed by atoms with Crippen molar-refractivity contribution in [1.82, 2.24) is 9.21 Å². The van der Waals surface area contributed by atoms with Crippen LogP contribution in [0.4, 0.5) is 5.69 Å². The fraction of sp³-hybridized carbons (Fsp3) is 0.364. The molecule has 0 unspecified atom stereocenters. The first-order valence-corrected chi connectivity index (χ1v) is 11.4. The Hall–Kier alpha value is -2.71. The van der Waals surface area contributed by atoms with Crippen molar-refractivity contribution in [3.63, 3.8) is 0 Å². The number of amides is 2. The van der Waals surface area contributed by atoms with Crippen LogP contribution < -0.4 is 5.32 Å². The zero-order valence-electron chi connectivity index (χ0n) is 17.3. The van der Waals surface area contributed by atoms with Crippen molar-refractivity contribution in [3.8, 4) is 0 Å². The number of aryl methyl sites for hydroxylation is 1. The smallest absolute Gasteiger partial charge is 0.255 e. The van der Waals surface area contributed by atoms with E-state index in [9.17, 15) is 18.0 Å². The van der Waals surface area contributed by atoms with Gasteiger partial charge in [0.25, 0.3) is 5.91 Å². The largest absolute Gasteiger partial charge is 0.339 e. The van der Waals surface area contributed by atoms with Gasteiger partial charge in [0, 0.05) is 20.1 Å². The average molecular weight is 430 g/mol. The molecule has 1 heterocycles. The van der Waals surface area contributed by atoms with Crippen LogP contribution in [0.1, 0.15) is 35.2 Å². The molecule has 0 aromatic heterocycles. The monoisotopic (exact) mass is 429 g/mol. The Morgan fingerprint density at radius 1 is 1.00 bits per heavy atom. The van der Waals surface area contributed by atoms with Gasteiger partial charge in [0.1, 0.15) is 0 Å². The maximum Gasteiger partial charge on any atom is 0.255 e. The van der Waals surface area contributed by atoms with E-state index in [-0.39, 0.29) is 17.3 Å². The van der Waals surface area contributed by atoms with Gasteiger partial charge in [-0.25, -0.2) is 8.42 Å².